The fourth-order valence-electron chi connectivity index (χ4n) is 2.37. The molecule has 1 N–H and O–H groups in total. The minimum atomic E-state index is -0.0981. The summed E-state index contributed by atoms with van der Waals surface area (Å²) in [6.45, 7) is 1.79. The maximum atomic E-state index is 12.3. The summed E-state index contributed by atoms with van der Waals surface area (Å²) in [7, 11) is 0. The smallest absolute Gasteiger partial charge is 0.255 e. The van der Waals surface area contributed by atoms with Crippen LogP contribution in [0.3, 0.4) is 0 Å². The molecule has 3 rings (SSSR count). The zero-order chi connectivity index (χ0) is 14.1. The van der Waals surface area contributed by atoms with Crippen LogP contribution in [0.2, 0.25) is 5.02 Å². The van der Waals surface area contributed by atoms with Crippen molar-refractivity contribution < 1.29 is 9.21 Å². The Hall–Kier alpha value is -1.39. The van der Waals surface area contributed by atoms with E-state index in [2.05, 4.69) is 5.32 Å². The summed E-state index contributed by atoms with van der Waals surface area (Å²) in [5.41, 5.74) is 1.69. The Morgan fingerprint density at radius 2 is 2.30 bits per heavy atom. The lowest BCUT2D eigenvalue weighted by atomic mass is 10.0. The van der Waals surface area contributed by atoms with Gasteiger partial charge in [-0.05, 0) is 43.2 Å². The maximum absolute atomic E-state index is 12.3. The first-order valence-electron chi connectivity index (χ1n) is 6.42. The molecule has 0 saturated carbocycles. The number of fused-ring (bicyclic) bond motifs is 1. The molecule has 1 amide bonds. The van der Waals surface area contributed by atoms with Crippen LogP contribution in [0.15, 0.2) is 39.8 Å². The van der Waals surface area contributed by atoms with Crippen LogP contribution in [0, 0.1) is 6.92 Å². The number of amides is 1. The molecule has 104 valence electrons. The number of aryl methyl sites for hydroxylation is 1. The number of nitrogens with one attached hydrogen (secondary N) is 1. The molecule has 1 atom stereocenters. The number of hydrogen-bond donors (Lipinski definition) is 1. The van der Waals surface area contributed by atoms with E-state index in [0.717, 1.165) is 17.7 Å². The molecule has 0 aliphatic carbocycles. The van der Waals surface area contributed by atoms with Crippen molar-refractivity contribution in [2.45, 2.75) is 24.3 Å². The molecule has 20 heavy (non-hydrogen) atoms. The van der Waals surface area contributed by atoms with Gasteiger partial charge in [0.15, 0.2) is 0 Å². The third-order valence-electron chi connectivity index (χ3n) is 3.42. The van der Waals surface area contributed by atoms with Crippen LogP contribution in [0.1, 0.15) is 34.1 Å². The predicted molar refractivity (Wildman–Crippen MR) is 80.4 cm³/mol. The summed E-state index contributed by atoms with van der Waals surface area (Å²) >= 11 is 7.87. The Balaban J connectivity index is 1.85. The third-order valence-corrected chi connectivity index (χ3v) is 4.78. The number of benzene rings is 1. The van der Waals surface area contributed by atoms with E-state index in [0.29, 0.717) is 16.3 Å². The van der Waals surface area contributed by atoms with Crippen LogP contribution in [-0.2, 0) is 0 Å². The van der Waals surface area contributed by atoms with E-state index in [9.17, 15) is 4.79 Å². The normalized spacial score (nSPS) is 17.6. The molecule has 2 heterocycles. The summed E-state index contributed by atoms with van der Waals surface area (Å²) in [5, 5.41) is 3.77. The van der Waals surface area contributed by atoms with Crippen molar-refractivity contribution in [2.75, 3.05) is 5.75 Å². The molecule has 1 aliphatic heterocycles. The van der Waals surface area contributed by atoms with Crippen LogP contribution in [0.5, 0.6) is 0 Å². The molecule has 3 nitrogen and oxygen atoms in total. The highest BCUT2D eigenvalue weighted by atomic mass is 35.5. The van der Waals surface area contributed by atoms with Gasteiger partial charge in [-0.25, -0.2) is 0 Å². The number of furan rings is 1. The van der Waals surface area contributed by atoms with E-state index in [-0.39, 0.29) is 11.9 Å². The van der Waals surface area contributed by atoms with Gasteiger partial charge in [0.05, 0.1) is 17.9 Å². The third kappa shape index (κ3) is 2.58. The van der Waals surface area contributed by atoms with E-state index in [1.54, 1.807) is 24.8 Å². The van der Waals surface area contributed by atoms with Crippen LogP contribution in [0.25, 0.3) is 0 Å². The van der Waals surface area contributed by atoms with Crippen molar-refractivity contribution in [1.29, 1.82) is 0 Å². The second-order valence-electron chi connectivity index (χ2n) is 4.74. The van der Waals surface area contributed by atoms with Gasteiger partial charge in [-0.1, -0.05) is 11.6 Å². The lowest BCUT2D eigenvalue weighted by Crippen LogP contribution is -2.30. The monoisotopic (exact) mass is 307 g/mol. The van der Waals surface area contributed by atoms with E-state index in [1.165, 1.54) is 11.2 Å². The number of halogens is 1. The molecular formula is C15H14ClNO2S. The molecule has 0 spiro atoms. The highest BCUT2D eigenvalue weighted by molar-refractivity contribution is 7.99. The van der Waals surface area contributed by atoms with E-state index in [4.69, 9.17) is 16.0 Å². The Morgan fingerprint density at radius 3 is 3.05 bits per heavy atom. The number of hydrogen-bond acceptors (Lipinski definition) is 3. The first kappa shape index (κ1) is 13.6. The second kappa shape index (κ2) is 5.54. The lowest BCUT2D eigenvalue weighted by molar-refractivity contribution is 0.0933. The van der Waals surface area contributed by atoms with Gasteiger partial charge >= 0.3 is 0 Å². The van der Waals surface area contributed by atoms with Gasteiger partial charge in [0.2, 0.25) is 0 Å². The van der Waals surface area contributed by atoms with E-state index >= 15 is 0 Å². The minimum absolute atomic E-state index is 0.00625. The fraction of sp³-hybridized carbons (Fsp3) is 0.267. The number of rotatable bonds is 2. The lowest BCUT2D eigenvalue weighted by Gasteiger charge is -2.26. The Labute approximate surface area is 126 Å². The molecule has 1 aromatic heterocycles. The average Bonchev–Trinajstić information content (AvgIpc) is 2.86. The standard InChI is InChI=1S/C15H14ClNO2S/c1-9-11(4-6-19-9)15(18)17-13-5-7-20-14-3-2-10(16)8-12(13)14/h2-4,6,8,13H,5,7H2,1H3,(H,17,18). The number of thioether (sulfide) groups is 1. The van der Waals surface area contributed by atoms with Crippen LogP contribution < -0.4 is 5.32 Å². The topological polar surface area (TPSA) is 42.2 Å². The summed E-state index contributed by atoms with van der Waals surface area (Å²) in [6.07, 6.45) is 2.44. The quantitative estimate of drug-likeness (QED) is 0.903. The van der Waals surface area contributed by atoms with E-state index in [1.807, 2.05) is 18.2 Å². The van der Waals surface area contributed by atoms with Gasteiger partial charge in [0, 0.05) is 15.7 Å². The Bertz CT molecular complexity index is 653. The van der Waals surface area contributed by atoms with Crippen LogP contribution in [-0.4, -0.2) is 11.7 Å². The second-order valence-corrected chi connectivity index (χ2v) is 6.31. The molecule has 1 aliphatic rings. The maximum Gasteiger partial charge on any atom is 0.255 e. The number of carbonyl (C=O) groups is 1. The summed E-state index contributed by atoms with van der Waals surface area (Å²) in [4.78, 5) is 13.5. The van der Waals surface area contributed by atoms with Crippen molar-refractivity contribution >= 4 is 29.3 Å². The zero-order valence-corrected chi connectivity index (χ0v) is 12.6. The average molecular weight is 308 g/mol. The molecule has 1 unspecified atom stereocenters. The molecule has 1 aromatic carbocycles. The van der Waals surface area contributed by atoms with Crippen molar-refractivity contribution in [3.8, 4) is 0 Å². The highest BCUT2D eigenvalue weighted by Crippen LogP contribution is 2.37. The van der Waals surface area contributed by atoms with Crippen molar-refractivity contribution in [1.82, 2.24) is 5.32 Å². The fourth-order valence-corrected chi connectivity index (χ4v) is 3.66. The molecule has 0 radical (unpaired) electrons. The Morgan fingerprint density at radius 1 is 1.45 bits per heavy atom. The van der Waals surface area contributed by atoms with Gasteiger partial charge in [0.25, 0.3) is 5.91 Å². The Kier molecular flexibility index (Phi) is 3.76. The first-order chi connectivity index (χ1) is 9.65. The van der Waals surface area contributed by atoms with Gasteiger partial charge in [-0.3, -0.25) is 4.79 Å². The first-order valence-corrected chi connectivity index (χ1v) is 7.78. The van der Waals surface area contributed by atoms with Gasteiger partial charge in [-0.15, -0.1) is 11.8 Å². The van der Waals surface area contributed by atoms with Crippen LogP contribution in [0.4, 0.5) is 0 Å². The van der Waals surface area contributed by atoms with E-state index < -0.39 is 0 Å². The molecule has 0 fully saturated rings. The molecule has 0 bridgehead atoms. The van der Waals surface area contributed by atoms with Crippen molar-refractivity contribution in [3.05, 3.63) is 52.4 Å². The van der Waals surface area contributed by atoms with Gasteiger partial charge < -0.3 is 9.73 Å². The predicted octanol–water partition coefficient (Wildman–Crippen LogP) is 4.21. The van der Waals surface area contributed by atoms with Crippen LogP contribution >= 0.6 is 23.4 Å². The van der Waals surface area contributed by atoms with Gasteiger partial charge in [0.1, 0.15) is 5.76 Å². The highest BCUT2D eigenvalue weighted by Gasteiger charge is 2.24. The SMILES string of the molecule is Cc1occc1C(=O)NC1CCSc2ccc(Cl)cc21. The largest absolute Gasteiger partial charge is 0.469 e. The minimum Gasteiger partial charge on any atom is -0.469 e. The van der Waals surface area contributed by atoms with Crippen molar-refractivity contribution in [3.63, 3.8) is 0 Å². The van der Waals surface area contributed by atoms with Crippen molar-refractivity contribution in [2.24, 2.45) is 0 Å². The molecule has 0 saturated heterocycles. The summed E-state index contributed by atoms with van der Waals surface area (Å²) in [6, 6.07) is 7.55. The number of carbonyl (C=O) groups excluding carboxylic acids is 1. The van der Waals surface area contributed by atoms with Gasteiger partial charge in [-0.2, -0.15) is 0 Å². The zero-order valence-electron chi connectivity index (χ0n) is 11.0. The molecule has 2 aromatic rings. The summed E-state index contributed by atoms with van der Waals surface area (Å²) < 4.78 is 5.18. The molecule has 5 heteroatoms. The summed E-state index contributed by atoms with van der Waals surface area (Å²) in [5.74, 6) is 1.53. The molecular weight excluding hydrogens is 294 g/mol.